The van der Waals surface area contributed by atoms with Crippen LogP contribution in [0.5, 0.6) is 0 Å². The highest BCUT2D eigenvalue weighted by Crippen LogP contribution is 2.24. The van der Waals surface area contributed by atoms with Crippen LogP contribution in [0.15, 0.2) is 41.6 Å². The third-order valence-electron chi connectivity index (χ3n) is 2.29. The number of carbonyl (C=O) groups is 1. The Morgan fingerprint density at radius 3 is 2.94 bits per heavy atom. The lowest BCUT2D eigenvalue weighted by Crippen LogP contribution is -2.19. The lowest BCUT2D eigenvalue weighted by molar-refractivity contribution is -0.116. The van der Waals surface area contributed by atoms with Crippen LogP contribution in [-0.2, 0) is 11.3 Å². The van der Waals surface area contributed by atoms with Crippen LogP contribution in [0.1, 0.15) is 0 Å². The zero-order valence-electron chi connectivity index (χ0n) is 9.76. The number of halogens is 1. The molecule has 0 unspecified atom stereocenters. The minimum absolute atomic E-state index is 0.0731. The van der Waals surface area contributed by atoms with E-state index in [1.807, 2.05) is 36.7 Å². The highest BCUT2D eigenvalue weighted by molar-refractivity contribution is 14.1. The SMILES string of the molecule is CSc1ccccc1NC(=O)Cn1cc(I)cn1. The predicted molar refractivity (Wildman–Crippen MR) is 81.8 cm³/mol. The number of anilines is 1. The Kier molecular flexibility index (Phi) is 4.65. The summed E-state index contributed by atoms with van der Waals surface area (Å²) in [5, 5.41) is 6.98. The molecule has 0 saturated carbocycles. The summed E-state index contributed by atoms with van der Waals surface area (Å²) >= 11 is 3.77. The van der Waals surface area contributed by atoms with Crippen molar-refractivity contribution in [2.24, 2.45) is 0 Å². The van der Waals surface area contributed by atoms with Crippen molar-refractivity contribution in [2.75, 3.05) is 11.6 Å². The van der Waals surface area contributed by atoms with Crippen molar-refractivity contribution in [2.45, 2.75) is 11.4 Å². The van der Waals surface area contributed by atoms with Gasteiger partial charge in [0.05, 0.1) is 15.5 Å². The molecule has 94 valence electrons. The van der Waals surface area contributed by atoms with E-state index >= 15 is 0 Å². The lowest BCUT2D eigenvalue weighted by Gasteiger charge is -2.09. The molecule has 2 aromatic rings. The smallest absolute Gasteiger partial charge is 0.246 e. The van der Waals surface area contributed by atoms with Crippen LogP contribution in [-0.4, -0.2) is 21.9 Å². The summed E-state index contributed by atoms with van der Waals surface area (Å²) < 4.78 is 2.64. The fraction of sp³-hybridized carbons (Fsp3) is 0.167. The minimum atomic E-state index is -0.0731. The van der Waals surface area contributed by atoms with Gasteiger partial charge in [-0.25, -0.2) is 0 Å². The van der Waals surface area contributed by atoms with Crippen LogP contribution in [0, 0.1) is 3.57 Å². The number of para-hydroxylation sites is 1. The fourth-order valence-corrected chi connectivity index (χ4v) is 2.51. The van der Waals surface area contributed by atoms with Crippen LogP contribution >= 0.6 is 34.4 Å². The van der Waals surface area contributed by atoms with Gasteiger partial charge in [-0.15, -0.1) is 11.8 Å². The molecule has 1 N–H and O–H groups in total. The van der Waals surface area contributed by atoms with Gasteiger partial charge in [-0.05, 0) is 41.0 Å². The second kappa shape index (κ2) is 6.24. The Hall–Kier alpha value is -1.02. The Labute approximate surface area is 123 Å². The van der Waals surface area contributed by atoms with Crippen molar-refractivity contribution in [3.05, 3.63) is 40.2 Å². The van der Waals surface area contributed by atoms with E-state index in [9.17, 15) is 4.79 Å². The molecule has 1 aromatic heterocycles. The van der Waals surface area contributed by atoms with Crippen LogP contribution in [0.3, 0.4) is 0 Å². The van der Waals surface area contributed by atoms with Crippen molar-refractivity contribution < 1.29 is 4.79 Å². The molecule has 0 aliphatic heterocycles. The zero-order chi connectivity index (χ0) is 13.0. The molecule has 0 radical (unpaired) electrons. The molecule has 0 spiro atoms. The highest BCUT2D eigenvalue weighted by Gasteiger charge is 2.07. The van der Waals surface area contributed by atoms with E-state index in [0.717, 1.165) is 14.2 Å². The molecular weight excluding hydrogens is 361 g/mol. The first-order chi connectivity index (χ1) is 8.69. The van der Waals surface area contributed by atoms with Gasteiger partial charge < -0.3 is 5.32 Å². The summed E-state index contributed by atoms with van der Waals surface area (Å²) in [5.41, 5.74) is 0.844. The molecule has 0 bridgehead atoms. The van der Waals surface area contributed by atoms with Crippen molar-refractivity contribution in [3.8, 4) is 0 Å². The Bertz CT molecular complexity index is 556. The summed E-state index contributed by atoms with van der Waals surface area (Å²) in [4.78, 5) is 12.9. The van der Waals surface area contributed by atoms with Gasteiger partial charge in [-0.3, -0.25) is 9.48 Å². The number of benzene rings is 1. The molecule has 2 rings (SSSR count). The van der Waals surface area contributed by atoms with Crippen molar-refractivity contribution >= 4 is 45.9 Å². The maximum Gasteiger partial charge on any atom is 0.246 e. The summed E-state index contributed by atoms with van der Waals surface area (Å²) in [6, 6.07) is 7.75. The van der Waals surface area contributed by atoms with E-state index in [1.54, 1.807) is 22.6 Å². The van der Waals surface area contributed by atoms with Gasteiger partial charge >= 0.3 is 0 Å². The van der Waals surface area contributed by atoms with Gasteiger partial charge in [0.25, 0.3) is 0 Å². The van der Waals surface area contributed by atoms with Crippen LogP contribution < -0.4 is 5.32 Å². The highest BCUT2D eigenvalue weighted by atomic mass is 127. The van der Waals surface area contributed by atoms with E-state index in [-0.39, 0.29) is 12.5 Å². The minimum Gasteiger partial charge on any atom is -0.323 e. The number of aromatic nitrogens is 2. The molecular formula is C12H12IN3OS. The molecule has 0 aliphatic rings. The first-order valence-corrected chi connectivity index (χ1v) is 7.60. The maximum atomic E-state index is 11.9. The van der Waals surface area contributed by atoms with Gasteiger partial charge in [0.2, 0.25) is 5.91 Å². The fourth-order valence-electron chi connectivity index (χ4n) is 1.51. The van der Waals surface area contributed by atoms with Gasteiger partial charge in [-0.2, -0.15) is 5.10 Å². The Balaban J connectivity index is 2.03. The molecule has 0 atom stereocenters. The molecule has 1 aromatic carbocycles. The van der Waals surface area contributed by atoms with Gasteiger partial charge in [0, 0.05) is 11.1 Å². The summed E-state index contributed by atoms with van der Waals surface area (Å²) in [6.45, 7) is 0.228. The van der Waals surface area contributed by atoms with Crippen LogP contribution in [0.25, 0.3) is 0 Å². The van der Waals surface area contributed by atoms with Crippen molar-refractivity contribution in [3.63, 3.8) is 0 Å². The first-order valence-electron chi connectivity index (χ1n) is 5.30. The predicted octanol–water partition coefficient (Wildman–Crippen LogP) is 2.85. The van der Waals surface area contributed by atoms with Crippen LogP contribution in [0.2, 0.25) is 0 Å². The van der Waals surface area contributed by atoms with Gasteiger partial charge in [0.1, 0.15) is 6.54 Å². The molecule has 0 saturated heterocycles. The number of nitrogens with one attached hydrogen (secondary N) is 1. The van der Waals surface area contributed by atoms with E-state index in [0.29, 0.717) is 0 Å². The Morgan fingerprint density at radius 1 is 1.50 bits per heavy atom. The standard InChI is InChI=1S/C12H12IN3OS/c1-18-11-5-3-2-4-10(11)15-12(17)8-16-7-9(13)6-14-16/h2-7H,8H2,1H3,(H,15,17). The number of hydrogen-bond acceptors (Lipinski definition) is 3. The quantitative estimate of drug-likeness (QED) is 0.662. The molecule has 6 heteroatoms. The van der Waals surface area contributed by atoms with Crippen LogP contribution in [0.4, 0.5) is 5.69 Å². The Morgan fingerprint density at radius 2 is 2.28 bits per heavy atom. The number of nitrogens with zero attached hydrogens (tertiary/aromatic N) is 2. The molecule has 1 heterocycles. The zero-order valence-corrected chi connectivity index (χ0v) is 12.7. The summed E-state index contributed by atoms with van der Waals surface area (Å²) in [6.07, 6.45) is 5.55. The van der Waals surface area contributed by atoms with Crippen molar-refractivity contribution in [1.29, 1.82) is 0 Å². The monoisotopic (exact) mass is 373 g/mol. The topological polar surface area (TPSA) is 46.9 Å². The number of hydrogen-bond donors (Lipinski definition) is 1. The first kappa shape index (κ1) is 13.4. The second-order valence-corrected chi connectivity index (χ2v) is 5.70. The molecule has 4 nitrogen and oxygen atoms in total. The molecule has 0 aliphatic carbocycles. The summed E-state index contributed by atoms with van der Waals surface area (Å²) in [7, 11) is 0. The third-order valence-corrected chi connectivity index (χ3v) is 3.64. The molecule has 0 fully saturated rings. The molecule has 1 amide bonds. The van der Waals surface area contributed by atoms with Crippen molar-refractivity contribution in [1.82, 2.24) is 9.78 Å². The maximum absolute atomic E-state index is 11.9. The number of rotatable bonds is 4. The average Bonchev–Trinajstić information content (AvgIpc) is 2.75. The third kappa shape index (κ3) is 3.49. The second-order valence-electron chi connectivity index (χ2n) is 3.60. The average molecular weight is 373 g/mol. The summed E-state index contributed by atoms with van der Waals surface area (Å²) in [5.74, 6) is -0.0731. The van der Waals surface area contributed by atoms with E-state index in [1.165, 1.54) is 0 Å². The lowest BCUT2D eigenvalue weighted by atomic mass is 10.3. The van der Waals surface area contributed by atoms with Gasteiger partial charge in [0.15, 0.2) is 0 Å². The number of thioether (sulfide) groups is 1. The van der Waals surface area contributed by atoms with E-state index in [4.69, 9.17) is 0 Å². The normalized spacial score (nSPS) is 10.3. The number of amides is 1. The number of carbonyl (C=O) groups excluding carboxylic acids is 1. The van der Waals surface area contributed by atoms with E-state index < -0.39 is 0 Å². The van der Waals surface area contributed by atoms with E-state index in [2.05, 4.69) is 33.0 Å². The van der Waals surface area contributed by atoms with Gasteiger partial charge in [-0.1, -0.05) is 12.1 Å². The molecule has 18 heavy (non-hydrogen) atoms. The largest absolute Gasteiger partial charge is 0.323 e.